The van der Waals surface area contributed by atoms with Gasteiger partial charge in [-0.2, -0.15) is 11.8 Å². The zero-order valence-electron chi connectivity index (χ0n) is 11.0. The minimum atomic E-state index is -3.41. The van der Waals surface area contributed by atoms with Gasteiger partial charge in [0.05, 0.1) is 4.90 Å². The molecule has 1 saturated carbocycles. The third-order valence-corrected chi connectivity index (χ3v) is 7.20. The third-order valence-electron chi connectivity index (χ3n) is 3.29. The topological polar surface area (TPSA) is 72.2 Å². The maximum atomic E-state index is 12.3. The lowest BCUT2D eigenvalue weighted by atomic mass is 10.3. The summed E-state index contributed by atoms with van der Waals surface area (Å²) in [6.07, 6.45) is 2.96. The van der Waals surface area contributed by atoms with Gasteiger partial charge >= 0.3 is 0 Å². The Labute approximate surface area is 123 Å². The fraction of sp³-hybridized carbons (Fsp3) is 0.667. The van der Waals surface area contributed by atoms with Crippen molar-refractivity contribution in [2.24, 2.45) is 5.73 Å². The highest BCUT2D eigenvalue weighted by Crippen LogP contribution is 2.31. The molecule has 1 fully saturated rings. The largest absolute Gasteiger partial charge is 0.326 e. The Hall–Kier alpha value is -0.0800. The average Bonchev–Trinajstić information content (AvgIpc) is 2.98. The van der Waals surface area contributed by atoms with Crippen LogP contribution in [0.25, 0.3) is 0 Å². The van der Waals surface area contributed by atoms with E-state index in [1.807, 2.05) is 11.8 Å². The van der Waals surface area contributed by atoms with Gasteiger partial charge in [0.15, 0.2) is 0 Å². The number of thiophene rings is 1. The quantitative estimate of drug-likeness (QED) is 0.842. The van der Waals surface area contributed by atoms with Crippen LogP contribution in [0.4, 0.5) is 0 Å². The minimum absolute atomic E-state index is 0.0691. The fourth-order valence-corrected chi connectivity index (χ4v) is 6.20. The number of nitrogens with two attached hydrogens (primary N) is 1. The Kier molecular flexibility index (Phi) is 5.30. The zero-order chi connectivity index (χ0) is 13.9. The predicted octanol–water partition coefficient (Wildman–Crippen LogP) is 2.16. The van der Waals surface area contributed by atoms with Gasteiger partial charge in [0.1, 0.15) is 0 Å². The molecule has 0 spiro atoms. The number of sulfonamides is 1. The second kappa shape index (κ2) is 6.58. The molecular formula is C12H20N2O2S3. The number of thioether (sulfide) groups is 1. The zero-order valence-corrected chi connectivity index (χ0v) is 13.4. The standard InChI is InChI=1S/C12H20N2O2S3/c1-2-17-10-4-3-9(7-10)14-19(15,16)12-5-6-18-11(12)8-13/h5-6,9-10,14H,2-4,7-8,13H2,1H3. The van der Waals surface area contributed by atoms with E-state index in [0.717, 1.165) is 29.9 Å². The summed E-state index contributed by atoms with van der Waals surface area (Å²) >= 11 is 3.32. The molecule has 1 aromatic heterocycles. The Morgan fingerprint density at radius 1 is 1.53 bits per heavy atom. The van der Waals surface area contributed by atoms with Crippen LogP contribution in [0.5, 0.6) is 0 Å². The molecule has 1 aromatic rings. The molecule has 1 aliphatic carbocycles. The molecule has 0 saturated heterocycles. The lowest BCUT2D eigenvalue weighted by molar-refractivity contribution is 0.552. The lowest BCUT2D eigenvalue weighted by Crippen LogP contribution is -2.33. The van der Waals surface area contributed by atoms with Crippen LogP contribution in [0.3, 0.4) is 0 Å². The normalized spacial score (nSPS) is 23.9. The molecule has 7 heteroatoms. The summed E-state index contributed by atoms with van der Waals surface area (Å²) in [6, 6.07) is 1.71. The first kappa shape index (κ1) is 15.3. The second-order valence-corrected chi connectivity index (χ2v) is 8.88. The van der Waals surface area contributed by atoms with Gasteiger partial charge in [-0.3, -0.25) is 0 Å². The van der Waals surface area contributed by atoms with Crippen LogP contribution in [-0.4, -0.2) is 25.5 Å². The maximum absolute atomic E-state index is 12.3. The second-order valence-electron chi connectivity index (χ2n) is 4.62. The van der Waals surface area contributed by atoms with E-state index in [9.17, 15) is 8.42 Å². The first-order chi connectivity index (χ1) is 9.06. The van der Waals surface area contributed by atoms with E-state index in [4.69, 9.17) is 5.73 Å². The van der Waals surface area contributed by atoms with Crippen molar-refractivity contribution in [3.05, 3.63) is 16.3 Å². The summed E-state index contributed by atoms with van der Waals surface area (Å²) in [7, 11) is -3.41. The number of nitrogens with one attached hydrogen (secondary N) is 1. The maximum Gasteiger partial charge on any atom is 0.241 e. The van der Waals surface area contributed by atoms with E-state index in [1.54, 1.807) is 11.4 Å². The van der Waals surface area contributed by atoms with Gasteiger partial charge in [-0.1, -0.05) is 6.92 Å². The molecule has 3 N–H and O–H groups in total. The molecule has 2 atom stereocenters. The molecule has 0 radical (unpaired) electrons. The summed E-state index contributed by atoms with van der Waals surface area (Å²) in [4.78, 5) is 1.08. The smallest absolute Gasteiger partial charge is 0.241 e. The first-order valence-electron chi connectivity index (χ1n) is 6.47. The van der Waals surface area contributed by atoms with E-state index in [-0.39, 0.29) is 12.6 Å². The van der Waals surface area contributed by atoms with Crippen LogP contribution >= 0.6 is 23.1 Å². The van der Waals surface area contributed by atoms with Crippen molar-refractivity contribution >= 4 is 33.1 Å². The molecule has 0 aromatic carbocycles. The molecule has 4 nitrogen and oxygen atoms in total. The molecule has 0 aliphatic heterocycles. The molecule has 2 unspecified atom stereocenters. The third kappa shape index (κ3) is 3.72. The molecule has 0 amide bonds. The summed E-state index contributed by atoms with van der Waals surface area (Å²) in [5.74, 6) is 1.09. The predicted molar refractivity (Wildman–Crippen MR) is 82.1 cm³/mol. The van der Waals surface area contributed by atoms with Crippen LogP contribution in [0.2, 0.25) is 0 Å². The Balaban J connectivity index is 2.03. The van der Waals surface area contributed by atoms with E-state index in [1.165, 1.54) is 11.3 Å². The first-order valence-corrected chi connectivity index (χ1v) is 9.88. The monoisotopic (exact) mass is 320 g/mol. The Bertz CT molecular complexity index is 513. The summed E-state index contributed by atoms with van der Waals surface area (Å²) in [5.41, 5.74) is 5.58. The van der Waals surface area contributed by atoms with Gasteiger partial charge in [-0.25, -0.2) is 13.1 Å². The highest BCUT2D eigenvalue weighted by atomic mass is 32.2. The van der Waals surface area contributed by atoms with E-state index < -0.39 is 10.0 Å². The molecule has 1 aliphatic rings. The van der Waals surface area contributed by atoms with Crippen LogP contribution in [0, 0.1) is 0 Å². The van der Waals surface area contributed by atoms with E-state index in [2.05, 4.69) is 11.6 Å². The number of rotatable bonds is 6. The van der Waals surface area contributed by atoms with Gasteiger partial charge in [0, 0.05) is 22.7 Å². The fourth-order valence-electron chi connectivity index (χ4n) is 2.43. The molecule has 0 bridgehead atoms. The highest BCUT2D eigenvalue weighted by Gasteiger charge is 2.29. The molecule has 108 valence electrons. The Morgan fingerprint density at radius 3 is 3.00 bits per heavy atom. The van der Waals surface area contributed by atoms with Crippen molar-refractivity contribution in [1.82, 2.24) is 4.72 Å². The van der Waals surface area contributed by atoms with Crippen LogP contribution in [0.1, 0.15) is 31.1 Å². The highest BCUT2D eigenvalue weighted by molar-refractivity contribution is 7.99. The van der Waals surface area contributed by atoms with Gasteiger partial charge in [0.25, 0.3) is 0 Å². The molecule has 2 rings (SSSR count). The molecule has 19 heavy (non-hydrogen) atoms. The molecule has 1 heterocycles. The van der Waals surface area contributed by atoms with Gasteiger partial charge in [-0.15, -0.1) is 11.3 Å². The van der Waals surface area contributed by atoms with Gasteiger partial charge in [0.2, 0.25) is 10.0 Å². The minimum Gasteiger partial charge on any atom is -0.326 e. The van der Waals surface area contributed by atoms with E-state index in [0.29, 0.717) is 10.1 Å². The van der Waals surface area contributed by atoms with Crippen LogP contribution < -0.4 is 10.5 Å². The van der Waals surface area contributed by atoms with Crippen molar-refractivity contribution in [3.8, 4) is 0 Å². The summed E-state index contributed by atoms with van der Waals surface area (Å²) in [6.45, 7) is 2.41. The average molecular weight is 321 g/mol. The van der Waals surface area contributed by atoms with Gasteiger partial charge in [-0.05, 0) is 36.5 Å². The SMILES string of the molecule is CCSC1CCC(NS(=O)(=O)c2ccsc2CN)C1. The van der Waals surface area contributed by atoms with Crippen LogP contribution in [-0.2, 0) is 16.6 Å². The van der Waals surface area contributed by atoms with Crippen molar-refractivity contribution in [1.29, 1.82) is 0 Å². The lowest BCUT2D eigenvalue weighted by Gasteiger charge is -2.13. The number of hydrogen-bond acceptors (Lipinski definition) is 5. The summed E-state index contributed by atoms with van der Waals surface area (Å²) < 4.78 is 27.5. The molecular weight excluding hydrogens is 300 g/mol. The van der Waals surface area contributed by atoms with Crippen molar-refractivity contribution < 1.29 is 8.42 Å². The van der Waals surface area contributed by atoms with E-state index >= 15 is 0 Å². The van der Waals surface area contributed by atoms with Crippen LogP contribution in [0.15, 0.2) is 16.3 Å². The summed E-state index contributed by atoms with van der Waals surface area (Å²) in [5, 5.41) is 2.37. The van der Waals surface area contributed by atoms with Crippen molar-refractivity contribution in [3.63, 3.8) is 0 Å². The Morgan fingerprint density at radius 2 is 2.32 bits per heavy atom. The van der Waals surface area contributed by atoms with Crippen molar-refractivity contribution in [2.75, 3.05) is 5.75 Å². The van der Waals surface area contributed by atoms with Gasteiger partial charge < -0.3 is 5.73 Å². The van der Waals surface area contributed by atoms with Crippen molar-refractivity contribution in [2.45, 2.75) is 48.9 Å². The number of hydrogen-bond donors (Lipinski definition) is 2.